The van der Waals surface area contributed by atoms with Crippen molar-refractivity contribution in [2.75, 3.05) is 7.11 Å². The molecule has 0 amide bonds. The predicted molar refractivity (Wildman–Crippen MR) is 70.9 cm³/mol. The van der Waals surface area contributed by atoms with E-state index in [1.807, 2.05) is 0 Å². The number of alkyl halides is 3. The molecule has 0 radical (unpaired) electrons. The average Bonchev–Trinajstić information content (AvgIpc) is 3.19. The first kappa shape index (κ1) is 17.1. The second-order valence-electron chi connectivity index (χ2n) is 4.81. The van der Waals surface area contributed by atoms with Gasteiger partial charge < -0.3 is 15.6 Å². The molecule has 1 aromatic rings. The van der Waals surface area contributed by atoms with E-state index in [9.17, 15) is 18.3 Å². The Morgan fingerprint density at radius 3 is 2.40 bits per heavy atom. The van der Waals surface area contributed by atoms with E-state index in [2.05, 4.69) is 0 Å². The Morgan fingerprint density at radius 1 is 1.35 bits per heavy atom. The van der Waals surface area contributed by atoms with Crippen LogP contribution < -0.4 is 10.5 Å². The van der Waals surface area contributed by atoms with E-state index >= 15 is 0 Å². The Balaban J connectivity index is 0.00000200. The van der Waals surface area contributed by atoms with Gasteiger partial charge in [0.05, 0.1) is 24.8 Å². The summed E-state index contributed by atoms with van der Waals surface area (Å²) < 4.78 is 42.8. The Kier molecular flexibility index (Phi) is 5.29. The van der Waals surface area contributed by atoms with Crippen LogP contribution >= 0.6 is 12.4 Å². The number of benzene rings is 1. The molecule has 0 unspecified atom stereocenters. The number of halogens is 4. The topological polar surface area (TPSA) is 55.5 Å². The minimum atomic E-state index is -4.43. The molecule has 114 valence electrons. The SMILES string of the molecule is COc1cc(C(F)(F)F)ccc1[C@@H](N)[C@@H](O)C1CC1.Cl. The van der Waals surface area contributed by atoms with Gasteiger partial charge in [0.1, 0.15) is 5.75 Å². The molecule has 2 atom stereocenters. The van der Waals surface area contributed by atoms with Crippen LogP contribution in [0.1, 0.15) is 30.0 Å². The van der Waals surface area contributed by atoms with Crippen molar-refractivity contribution in [2.24, 2.45) is 11.7 Å². The Morgan fingerprint density at radius 2 is 1.95 bits per heavy atom. The molecular formula is C13H17ClF3NO2. The largest absolute Gasteiger partial charge is 0.496 e. The van der Waals surface area contributed by atoms with Crippen molar-refractivity contribution in [1.29, 1.82) is 0 Å². The Hall–Kier alpha value is -0.980. The molecule has 0 aromatic heterocycles. The van der Waals surface area contributed by atoms with Gasteiger partial charge >= 0.3 is 6.18 Å². The highest BCUT2D eigenvalue weighted by Crippen LogP contribution is 2.40. The third kappa shape index (κ3) is 3.56. The summed E-state index contributed by atoms with van der Waals surface area (Å²) in [5.74, 6) is 0.198. The highest BCUT2D eigenvalue weighted by molar-refractivity contribution is 5.85. The van der Waals surface area contributed by atoms with E-state index in [4.69, 9.17) is 10.5 Å². The lowest BCUT2D eigenvalue weighted by atomic mass is 9.97. The lowest BCUT2D eigenvalue weighted by molar-refractivity contribution is -0.137. The molecule has 1 saturated carbocycles. The molecule has 2 rings (SSSR count). The van der Waals surface area contributed by atoms with Crippen molar-refractivity contribution in [3.63, 3.8) is 0 Å². The van der Waals surface area contributed by atoms with E-state index in [-0.39, 0.29) is 24.1 Å². The summed E-state index contributed by atoms with van der Waals surface area (Å²) in [5.41, 5.74) is 5.51. The van der Waals surface area contributed by atoms with Crippen LogP contribution in [-0.4, -0.2) is 18.3 Å². The van der Waals surface area contributed by atoms with Crippen LogP contribution in [0.15, 0.2) is 18.2 Å². The first-order valence-corrected chi connectivity index (χ1v) is 6.03. The predicted octanol–water partition coefficient (Wildman–Crippen LogP) is 2.91. The molecule has 3 N–H and O–H groups in total. The highest BCUT2D eigenvalue weighted by atomic mass is 35.5. The maximum absolute atomic E-state index is 12.6. The molecule has 0 spiro atoms. The summed E-state index contributed by atoms with van der Waals surface area (Å²) in [5, 5.41) is 9.96. The standard InChI is InChI=1S/C13H16F3NO2.ClH/c1-19-10-6-8(13(14,15)16)4-5-9(10)11(17)12(18)7-2-3-7;/h4-7,11-12,18H,2-3,17H2,1H3;1H/t11-,12+;/m1./s1. The molecular weight excluding hydrogens is 295 g/mol. The summed E-state index contributed by atoms with van der Waals surface area (Å²) in [6.45, 7) is 0. The lowest BCUT2D eigenvalue weighted by Gasteiger charge is -2.22. The fourth-order valence-electron chi connectivity index (χ4n) is 2.08. The van der Waals surface area contributed by atoms with Crippen LogP contribution in [-0.2, 0) is 6.18 Å². The molecule has 1 aliphatic carbocycles. The fraction of sp³-hybridized carbons (Fsp3) is 0.538. The third-order valence-electron chi connectivity index (χ3n) is 3.39. The minimum absolute atomic E-state index is 0. The highest BCUT2D eigenvalue weighted by Gasteiger charge is 2.36. The van der Waals surface area contributed by atoms with Gasteiger partial charge in [0, 0.05) is 5.56 Å². The average molecular weight is 312 g/mol. The monoisotopic (exact) mass is 311 g/mol. The second kappa shape index (κ2) is 6.20. The molecule has 1 aliphatic rings. The van der Waals surface area contributed by atoms with Crippen LogP contribution in [0.3, 0.4) is 0 Å². The zero-order valence-corrected chi connectivity index (χ0v) is 11.7. The Labute approximate surface area is 121 Å². The van der Waals surface area contributed by atoms with Gasteiger partial charge in [0.2, 0.25) is 0 Å². The van der Waals surface area contributed by atoms with E-state index in [1.165, 1.54) is 13.2 Å². The number of nitrogens with two attached hydrogens (primary N) is 1. The number of hydrogen-bond acceptors (Lipinski definition) is 3. The van der Waals surface area contributed by atoms with E-state index in [0.29, 0.717) is 5.56 Å². The van der Waals surface area contributed by atoms with Crippen LogP contribution in [0.2, 0.25) is 0 Å². The van der Waals surface area contributed by atoms with Crippen LogP contribution in [0.5, 0.6) is 5.75 Å². The number of aliphatic hydroxyl groups excluding tert-OH is 1. The van der Waals surface area contributed by atoms with Gasteiger partial charge in [-0.2, -0.15) is 13.2 Å². The van der Waals surface area contributed by atoms with E-state index in [0.717, 1.165) is 25.0 Å². The molecule has 0 aliphatic heterocycles. The van der Waals surface area contributed by atoms with Crippen LogP contribution in [0.25, 0.3) is 0 Å². The quantitative estimate of drug-likeness (QED) is 0.899. The number of rotatable bonds is 4. The van der Waals surface area contributed by atoms with Gasteiger partial charge in [-0.3, -0.25) is 0 Å². The van der Waals surface area contributed by atoms with Crippen molar-refractivity contribution in [2.45, 2.75) is 31.2 Å². The zero-order valence-electron chi connectivity index (χ0n) is 10.9. The molecule has 0 saturated heterocycles. The van der Waals surface area contributed by atoms with Gasteiger partial charge in [0.25, 0.3) is 0 Å². The van der Waals surface area contributed by atoms with Crippen molar-refractivity contribution in [3.05, 3.63) is 29.3 Å². The summed E-state index contributed by atoms with van der Waals surface area (Å²) in [6.07, 6.45) is -3.37. The number of aliphatic hydroxyl groups is 1. The summed E-state index contributed by atoms with van der Waals surface area (Å²) >= 11 is 0. The molecule has 20 heavy (non-hydrogen) atoms. The molecule has 7 heteroatoms. The molecule has 1 aromatic carbocycles. The maximum atomic E-state index is 12.6. The minimum Gasteiger partial charge on any atom is -0.496 e. The number of ether oxygens (including phenoxy) is 1. The maximum Gasteiger partial charge on any atom is 0.416 e. The van der Waals surface area contributed by atoms with Gasteiger partial charge in [-0.15, -0.1) is 12.4 Å². The fourth-order valence-corrected chi connectivity index (χ4v) is 2.08. The van der Waals surface area contributed by atoms with E-state index < -0.39 is 23.9 Å². The van der Waals surface area contributed by atoms with Crippen molar-refractivity contribution in [1.82, 2.24) is 0 Å². The van der Waals surface area contributed by atoms with Gasteiger partial charge in [-0.05, 0) is 30.9 Å². The summed E-state index contributed by atoms with van der Waals surface area (Å²) in [6, 6.07) is 2.41. The Bertz CT molecular complexity index is 463. The molecule has 0 bridgehead atoms. The van der Waals surface area contributed by atoms with Crippen LogP contribution in [0, 0.1) is 5.92 Å². The normalized spacial score (nSPS) is 18.1. The van der Waals surface area contributed by atoms with Crippen LogP contribution in [0.4, 0.5) is 13.2 Å². The third-order valence-corrected chi connectivity index (χ3v) is 3.39. The van der Waals surface area contributed by atoms with Crippen molar-refractivity contribution in [3.8, 4) is 5.75 Å². The first-order valence-electron chi connectivity index (χ1n) is 6.03. The lowest BCUT2D eigenvalue weighted by Crippen LogP contribution is -2.28. The van der Waals surface area contributed by atoms with E-state index in [1.54, 1.807) is 0 Å². The van der Waals surface area contributed by atoms with Gasteiger partial charge in [0.15, 0.2) is 0 Å². The summed E-state index contributed by atoms with van der Waals surface area (Å²) in [7, 11) is 1.29. The van der Waals surface area contributed by atoms with Crippen molar-refractivity contribution >= 4 is 12.4 Å². The number of hydrogen-bond donors (Lipinski definition) is 2. The first-order chi connectivity index (χ1) is 8.84. The summed E-state index contributed by atoms with van der Waals surface area (Å²) in [4.78, 5) is 0. The molecule has 0 heterocycles. The molecule has 1 fully saturated rings. The zero-order chi connectivity index (χ0) is 14.2. The van der Waals surface area contributed by atoms with Gasteiger partial charge in [-0.25, -0.2) is 0 Å². The number of methoxy groups -OCH3 is 1. The second-order valence-corrected chi connectivity index (χ2v) is 4.81. The van der Waals surface area contributed by atoms with Crippen molar-refractivity contribution < 1.29 is 23.0 Å². The molecule has 3 nitrogen and oxygen atoms in total. The van der Waals surface area contributed by atoms with Gasteiger partial charge in [-0.1, -0.05) is 6.07 Å². The smallest absolute Gasteiger partial charge is 0.416 e.